The molecular formula is C15H19NO5. The van der Waals surface area contributed by atoms with Crippen molar-refractivity contribution >= 4 is 0 Å². The van der Waals surface area contributed by atoms with E-state index in [1.807, 2.05) is 12.2 Å². The first-order chi connectivity index (χ1) is 10.1. The maximum atomic E-state index is 11.3. The molecule has 0 amide bonds. The summed E-state index contributed by atoms with van der Waals surface area (Å²) in [4.78, 5) is 11.1. The highest BCUT2D eigenvalue weighted by molar-refractivity contribution is 5.57. The minimum Gasteiger partial charge on any atom is -0.493 e. The molecule has 0 aliphatic heterocycles. The van der Waals surface area contributed by atoms with Gasteiger partial charge in [0.1, 0.15) is 0 Å². The fraction of sp³-hybridized carbons (Fsp3) is 0.467. The number of rotatable bonds is 5. The lowest BCUT2D eigenvalue weighted by Gasteiger charge is -2.24. The van der Waals surface area contributed by atoms with Crippen LogP contribution in [0.5, 0.6) is 17.2 Å². The second-order valence-electron chi connectivity index (χ2n) is 4.81. The highest BCUT2D eigenvalue weighted by Crippen LogP contribution is 2.45. The second kappa shape index (κ2) is 6.47. The first-order valence-electron chi connectivity index (χ1n) is 6.73. The van der Waals surface area contributed by atoms with E-state index in [2.05, 4.69) is 0 Å². The fourth-order valence-electron chi connectivity index (χ4n) is 2.75. The number of allylic oxidation sites excluding steroid dienone is 1. The van der Waals surface area contributed by atoms with Gasteiger partial charge in [-0.3, -0.25) is 10.1 Å². The zero-order chi connectivity index (χ0) is 15.4. The average molecular weight is 293 g/mol. The van der Waals surface area contributed by atoms with Gasteiger partial charge in [-0.15, -0.1) is 0 Å². The molecule has 0 N–H and O–H groups in total. The molecule has 0 bridgehead atoms. The van der Waals surface area contributed by atoms with Gasteiger partial charge in [0, 0.05) is 16.9 Å². The number of nitro groups is 1. The zero-order valence-electron chi connectivity index (χ0n) is 12.4. The summed E-state index contributed by atoms with van der Waals surface area (Å²) in [6.45, 7) is 0. The van der Waals surface area contributed by atoms with Crippen molar-refractivity contribution in [1.82, 2.24) is 0 Å². The molecule has 21 heavy (non-hydrogen) atoms. The van der Waals surface area contributed by atoms with Crippen molar-refractivity contribution in [3.63, 3.8) is 0 Å². The minimum atomic E-state index is -0.651. The standard InChI is InChI=1S/C15H19NO5/c1-19-13-9-8-11(14(20-2)15(13)21-3)10-6-4-5-7-12(10)16(17)18/h4,6,8-10,12H,5,7H2,1-3H3/t10-,12+/m1/s1. The van der Waals surface area contributed by atoms with Crippen molar-refractivity contribution in [3.8, 4) is 17.2 Å². The summed E-state index contributed by atoms with van der Waals surface area (Å²) < 4.78 is 16.0. The van der Waals surface area contributed by atoms with Crippen LogP contribution < -0.4 is 14.2 Å². The van der Waals surface area contributed by atoms with Crippen molar-refractivity contribution in [2.45, 2.75) is 24.8 Å². The number of hydrogen-bond acceptors (Lipinski definition) is 5. The van der Waals surface area contributed by atoms with Crippen LogP contribution in [0, 0.1) is 10.1 Å². The highest BCUT2D eigenvalue weighted by atomic mass is 16.6. The molecule has 6 nitrogen and oxygen atoms in total. The van der Waals surface area contributed by atoms with Crippen molar-refractivity contribution in [1.29, 1.82) is 0 Å². The Morgan fingerprint density at radius 1 is 1.14 bits per heavy atom. The van der Waals surface area contributed by atoms with Crippen molar-refractivity contribution < 1.29 is 19.1 Å². The molecule has 0 aromatic heterocycles. The Morgan fingerprint density at radius 3 is 2.43 bits per heavy atom. The SMILES string of the molecule is COc1ccc([C@H]2C=CCC[C@@H]2[N+](=O)[O-])c(OC)c1OC. The molecule has 6 heteroatoms. The van der Waals surface area contributed by atoms with E-state index >= 15 is 0 Å². The maximum absolute atomic E-state index is 11.3. The Hall–Kier alpha value is -2.24. The third kappa shape index (κ3) is 2.79. The number of nitrogens with zero attached hydrogens (tertiary/aromatic N) is 1. The largest absolute Gasteiger partial charge is 0.493 e. The Morgan fingerprint density at radius 2 is 1.86 bits per heavy atom. The average Bonchev–Trinajstić information content (AvgIpc) is 2.53. The summed E-state index contributed by atoms with van der Waals surface area (Å²) in [5, 5.41) is 11.3. The van der Waals surface area contributed by atoms with Gasteiger partial charge >= 0.3 is 0 Å². The molecule has 0 fully saturated rings. The summed E-state index contributed by atoms with van der Waals surface area (Å²) in [7, 11) is 4.58. The molecule has 1 aromatic rings. The molecule has 2 rings (SSSR count). The van der Waals surface area contributed by atoms with Crippen molar-refractivity contribution in [3.05, 3.63) is 40.0 Å². The van der Waals surface area contributed by atoms with Crippen LogP contribution in [0.1, 0.15) is 24.3 Å². The monoisotopic (exact) mass is 293 g/mol. The fourth-order valence-corrected chi connectivity index (χ4v) is 2.75. The van der Waals surface area contributed by atoms with E-state index in [9.17, 15) is 10.1 Å². The van der Waals surface area contributed by atoms with Crippen molar-refractivity contribution in [2.24, 2.45) is 0 Å². The molecule has 0 saturated carbocycles. The summed E-state index contributed by atoms with van der Waals surface area (Å²) >= 11 is 0. The lowest BCUT2D eigenvalue weighted by atomic mass is 9.84. The molecule has 1 aromatic carbocycles. The summed E-state index contributed by atoms with van der Waals surface area (Å²) in [5.41, 5.74) is 0.743. The van der Waals surface area contributed by atoms with Gasteiger partial charge in [0.05, 0.1) is 27.2 Å². The molecule has 1 aliphatic carbocycles. The van der Waals surface area contributed by atoms with Gasteiger partial charge in [0.2, 0.25) is 11.8 Å². The van der Waals surface area contributed by atoms with Gasteiger partial charge < -0.3 is 14.2 Å². The summed E-state index contributed by atoms with van der Waals surface area (Å²) in [6, 6.07) is 2.90. The third-order valence-electron chi connectivity index (χ3n) is 3.75. The quantitative estimate of drug-likeness (QED) is 0.474. The lowest BCUT2D eigenvalue weighted by molar-refractivity contribution is -0.526. The van der Waals surface area contributed by atoms with E-state index < -0.39 is 6.04 Å². The van der Waals surface area contributed by atoms with Crippen LogP contribution in [0.2, 0.25) is 0 Å². The van der Waals surface area contributed by atoms with E-state index in [0.717, 1.165) is 12.0 Å². The third-order valence-corrected chi connectivity index (χ3v) is 3.75. The highest BCUT2D eigenvalue weighted by Gasteiger charge is 2.35. The van der Waals surface area contributed by atoms with Gasteiger partial charge in [0.25, 0.3) is 0 Å². The first-order valence-corrected chi connectivity index (χ1v) is 6.73. The smallest absolute Gasteiger partial charge is 0.223 e. The van der Waals surface area contributed by atoms with Crippen molar-refractivity contribution in [2.75, 3.05) is 21.3 Å². The molecule has 0 saturated heterocycles. The molecule has 114 valence electrons. The van der Waals surface area contributed by atoms with Gasteiger partial charge in [-0.2, -0.15) is 0 Å². The summed E-state index contributed by atoms with van der Waals surface area (Å²) in [6.07, 6.45) is 5.09. The van der Waals surface area contributed by atoms with Gasteiger partial charge in [-0.25, -0.2) is 0 Å². The van der Waals surface area contributed by atoms with Crippen LogP contribution >= 0.6 is 0 Å². The van der Waals surface area contributed by atoms with E-state index in [1.54, 1.807) is 12.1 Å². The topological polar surface area (TPSA) is 70.8 Å². The van der Waals surface area contributed by atoms with Crippen LogP contribution in [-0.2, 0) is 0 Å². The lowest BCUT2D eigenvalue weighted by Crippen LogP contribution is -2.28. The second-order valence-corrected chi connectivity index (χ2v) is 4.81. The molecule has 2 atom stereocenters. The molecule has 0 spiro atoms. The van der Waals surface area contributed by atoms with Crippen LogP contribution in [0.15, 0.2) is 24.3 Å². The zero-order valence-corrected chi connectivity index (χ0v) is 12.4. The van der Waals surface area contributed by atoms with Crippen LogP contribution in [0.25, 0.3) is 0 Å². The maximum Gasteiger partial charge on any atom is 0.223 e. The summed E-state index contributed by atoms with van der Waals surface area (Å²) in [5.74, 6) is 1.15. The minimum absolute atomic E-state index is 0.218. The molecule has 0 unspecified atom stereocenters. The Balaban J connectivity index is 2.54. The van der Waals surface area contributed by atoms with Gasteiger partial charge in [-0.1, -0.05) is 18.2 Å². The van der Waals surface area contributed by atoms with Gasteiger partial charge in [-0.05, 0) is 12.5 Å². The first kappa shape index (κ1) is 15.2. The predicted molar refractivity (Wildman–Crippen MR) is 78.0 cm³/mol. The van der Waals surface area contributed by atoms with E-state index in [4.69, 9.17) is 14.2 Å². The number of benzene rings is 1. The molecule has 0 heterocycles. The number of methoxy groups -OCH3 is 3. The Kier molecular flexibility index (Phi) is 4.67. The van der Waals surface area contributed by atoms with E-state index in [-0.39, 0.29) is 10.8 Å². The van der Waals surface area contributed by atoms with Crippen LogP contribution in [0.4, 0.5) is 0 Å². The molecule has 1 aliphatic rings. The number of hydrogen-bond donors (Lipinski definition) is 0. The Bertz CT molecular complexity index is 555. The van der Waals surface area contributed by atoms with E-state index in [1.165, 1.54) is 21.3 Å². The number of ether oxygens (including phenoxy) is 3. The van der Waals surface area contributed by atoms with E-state index in [0.29, 0.717) is 23.7 Å². The normalized spacial score (nSPS) is 20.9. The Labute approximate surface area is 123 Å². The van der Waals surface area contributed by atoms with Gasteiger partial charge in [0.15, 0.2) is 11.5 Å². The van der Waals surface area contributed by atoms with Crippen LogP contribution in [-0.4, -0.2) is 32.3 Å². The van der Waals surface area contributed by atoms with Crippen LogP contribution in [0.3, 0.4) is 0 Å². The molecule has 0 radical (unpaired) electrons. The molecular weight excluding hydrogens is 274 g/mol. The predicted octanol–water partition coefficient (Wildman–Crippen LogP) is 2.79.